The van der Waals surface area contributed by atoms with E-state index in [4.69, 9.17) is 4.74 Å². The molecule has 29 heavy (non-hydrogen) atoms. The number of ether oxygens (including phenoxy) is 1. The Morgan fingerprint density at radius 3 is 2.34 bits per heavy atom. The summed E-state index contributed by atoms with van der Waals surface area (Å²) >= 11 is 0. The molecule has 0 aliphatic heterocycles. The van der Waals surface area contributed by atoms with Crippen molar-refractivity contribution in [1.82, 2.24) is 10.6 Å². The Morgan fingerprint density at radius 1 is 1.00 bits per heavy atom. The van der Waals surface area contributed by atoms with Gasteiger partial charge in [0.15, 0.2) is 5.96 Å². The van der Waals surface area contributed by atoms with E-state index in [0.29, 0.717) is 6.54 Å². The predicted molar refractivity (Wildman–Crippen MR) is 131 cm³/mol. The second-order valence-electron chi connectivity index (χ2n) is 6.64. The summed E-state index contributed by atoms with van der Waals surface area (Å²) in [6.45, 7) is 5.74. The molecule has 3 N–H and O–H groups in total. The first-order valence-corrected chi connectivity index (χ1v) is 10.1. The summed E-state index contributed by atoms with van der Waals surface area (Å²) in [5.41, 5.74) is 2.41. The van der Waals surface area contributed by atoms with Crippen molar-refractivity contribution in [3.63, 3.8) is 0 Å². The third-order valence-corrected chi connectivity index (χ3v) is 4.44. The molecule has 0 aliphatic rings. The van der Waals surface area contributed by atoms with Crippen molar-refractivity contribution in [2.75, 3.05) is 39.5 Å². The average molecular weight is 511 g/mol. The number of hydrogen-bond donors (Lipinski definition) is 3. The summed E-state index contributed by atoms with van der Waals surface area (Å²) in [6, 6.07) is 20.4. The van der Waals surface area contributed by atoms with Crippen LogP contribution in [0.3, 0.4) is 0 Å². The molecule has 0 bridgehead atoms. The van der Waals surface area contributed by atoms with Crippen molar-refractivity contribution in [2.24, 2.45) is 4.99 Å². The summed E-state index contributed by atoms with van der Waals surface area (Å²) in [6.07, 6.45) is 1.86. The quantitative estimate of drug-likeness (QED) is 0.177. The third-order valence-electron chi connectivity index (χ3n) is 4.44. The molecule has 0 saturated carbocycles. The Balaban J connectivity index is 0.00000420. The molecular formula is C23H34IN3O2. The van der Waals surface area contributed by atoms with Gasteiger partial charge in [-0.05, 0) is 30.9 Å². The van der Waals surface area contributed by atoms with E-state index in [9.17, 15) is 5.11 Å². The van der Waals surface area contributed by atoms with Crippen LogP contribution in [0.5, 0.6) is 0 Å². The van der Waals surface area contributed by atoms with Crippen LogP contribution >= 0.6 is 24.0 Å². The SMILES string of the molecule is CCNC(=NCC(CO)c1ccccc1)NCCCOCCc1ccccc1.I. The summed E-state index contributed by atoms with van der Waals surface area (Å²) in [5, 5.41) is 16.3. The van der Waals surface area contributed by atoms with Gasteiger partial charge in [-0.1, -0.05) is 60.7 Å². The van der Waals surface area contributed by atoms with Crippen LogP contribution in [0.2, 0.25) is 0 Å². The van der Waals surface area contributed by atoms with Gasteiger partial charge in [-0.15, -0.1) is 24.0 Å². The molecule has 2 rings (SSSR count). The molecule has 2 aromatic carbocycles. The minimum absolute atomic E-state index is 0. The largest absolute Gasteiger partial charge is 0.396 e. The molecule has 1 atom stereocenters. The number of aliphatic hydroxyl groups excluding tert-OH is 1. The monoisotopic (exact) mass is 511 g/mol. The maximum Gasteiger partial charge on any atom is 0.191 e. The molecule has 0 aromatic heterocycles. The van der Waals surface area contributed by atoms with E-state index in [0.717, 1.165) is 50.7 Å². The number of halogens is 1. The number of rotatable bonds is 12. The number of nitrogens with zero attached hydrogens (tertiary/aromatic N) is 1. The molecule has 5 nitrogen and oxygen atoms in total. The Bertz CT molecular complexity index is 668. The Labute approximate surface area is 192 Å². The lowest BCUT2D eigenvalue weighted by Crippen LogP contribution is -2.38. The maximum absolute atomic E-state index is 9.67. The van der Waals surface area contributed by atoms with E-state index in [1.54, 1.807) is 0 Å². The fraction of sp³-hybridized carbons (Fsp3) is 0.435. The van der Waals surface area contributed by atoms with Crippen LogP contribution in [-0.4, -0.2) is 50.5 Å². The van der Waals surface area contributed by atoms with E-state index in [1.807, 2.05) is 43.3 Å². The smallest absolute Gasteiger partial charge is 0.191 e. The molecule has 0 heterocycles. The van der Waals surface area contributed by atoms with Crippen molar-refractivity contribution >= 4 is 29.9 Å². The van der Waals surface area contributed by atoms with Crippen LogP contribution in [0.1, 0.15) is 30.4 Å². The Kier molecular flexibility index (Phi) is 14.2. The van der Waals surface area contributed by atoms with E-state index >= 15 is 0 Å². The average Bonchev–Trinajstić information content (AvgIpc) is 2.75. The molecule has 0 spiro atoms. The van der Waals surface area contributed by atoms with Gasteiger partial charge >= 0.3 is 0 Å². The Morgan fingerprint density at radius 2 is 1.69 bits per heavy atom. The molecule has 0 fully saturated rings. The van der Waals surface area contributed by atoms with Crippen LogP contribution in [-0.2, 0) is 11.2 Å². The zero-order valence-electron chi connectivity index (χ0n) is 17.2. The number of benzene rings is 2. The van der Waals surface area contributed by atoms with Crippen molar-refractivity contribution < 1.29 is 9.84 Å². The van der Waals surface area contributed by atoms with E-state index in [1.165, 1.54) is 5.56 Å². The van der Waals surface area contributed by atoms with Gasteiger partial charge < -0.3 is 20.5 Å². The van der Waals surface area contributed by atoms with Crippen molar-refractivity contribution in [1.29, 1.82) is 0 Å². The number of nitrogens with one attached hydrogen (secondary N) is 2. The highest BCUT2D eigenvalue weighted by atomic mass is 127. The zero-order chi connectivity index (χ0) is 19.9. The normalized spacial score (nSPS) is 12.1. The first-order chi connectivity index (χ1) is 13.8. The second-order valence-corrected chi connectivity index (χ2v) is 6.64. The van der Waals surface area contributed by atoms with Crippen LogP contribution in [0, 0.1) is 0 Å². The Hall–Kier alpha value is -1.64. The van der Waals surface area contributed by atoms with Gasteiger partial charge in [0.05, 0.1) is 19.8 Å². The summed E-state index contributed by atoms with van der Waals surface area (Å²) in [4.78, 5) is 4.63. The molecule has 2 aromatic rings. The summed E-state index contributed by atoms with van der Waals surface area (Å²) < 4.78 is 5.72. The van der Waals surface area contributed by atoms with Crippen LogP contribution < -0.4 is 10.6 Å². The van der Waals surface area contributed by atoms with Gasteiger partial charge in [-0.25, -0.2) is 0 Å². The fourth-order valence-corrected chi connectivity index (χ4v) is 2.85. The standard InChI is InChI=1S/C23H33N3O2.HI/c1-2-24-23(26-18-22(19-27)21-12-7-4-8-13-21)25-15-9-16-28-17-14-20-10-5-3-6-11-20;/h3-8,10-13,22,27H,2,9,14-19H2,1H3,(H2,24,25,26);1H. The lowest BCUT2D eigenvalue weighted by molar-refractivity contribution is 0.135. The molecule has 0 amide bonds. The molecule has 0 aliphatic carbocycles. The fourth-order valence-electron chi connectivity index (χ4n) is 2.85. The van der Waals surface area contributed by atoms with Gasteiger partial charge in [0.2, 0.25) is 0 Å². The predicted octanol–water partition coefficient (Wildman–Crippen LogP) is 3.59. The molecular weight excluding hydrogens is 477 g/mol. The van der Waals surface area contributed by atoms with Crippen LogP contribution in [0.25, 0.3) is 0 Å². The highest BCUT2D eigenvalue weighted by Gasteiger charge is 2.09. The number of aliphatic hydroxyl groups is 1. The molecule has 0 saturated heterocycles. The van der Waals surface area contributed by atoms with Gasteiger partial charge in [-0.2, -0.15) is 0 Å². The minimum atomic E-state index is 0. The first-order valence-electron chi connectivity index (χ1n) is 10.1. The maximum atomic E-state index is 9.67. The molecule has 1 unspecified atom stereocenters. The summed E-state index contributed by atoms with van der Waals surface area (Å²) in [5.74, 6) is 0.791. The van der Waals surface area contributed by atoms with Gasteiger partial charge in [0.25, 0.3) is 0 Å². The first kappa shape index (κ1) is 25.4. The lowest BCUT2D eigenvalue weighted by Gasteiger charge is -2.15. The topological polar surface area (TPSA) is 65.9 Å². The van der Waals surface area contributed by atoms with Gasteiger partial charge in [0.1, 0.15) is 0 Å². The second kappa shape index (κ2) is 16.2. The van der Waals surface area contributed by atoms with Gasteiger partial charge in [0, 0.05) is 25.6 Å². The van der Waals surface area contributed by atoms with Gasteiger partial charge in [-0.3, -0.25) is 4.99 Å². The third kappa shape index (κ3) is 10.6. The minimum Gasteiger partial charge on any atom is -0.396 e. The summed E-state index contributed by atoms with van der Waals surface area (Å²) in [7, 11) is 0. The van der Waals surface area contributed by atoms with Crippen LogP contribution in [0.15, 0.2) is 65.7 Å². The number of guanidine groups is 1. The van der Waals surface area contributed by atoms with E-state index in [-0.39, 0.29) is 36.5 Å². The zero-order valence-corrected chi connectivity index (χ0v) is 19.5. The molecule has 6 heteroatoms. The van der Waals surface area contributed by atoms with E-state index < -0.39 is 0 Å². The van der Waals surface area contributed by atoms with Crippen molar-refractivity contribution in [3.8, 4) is 0 Å². The highest BCUT2D eigenvalue weighted by molar-refractivity contribution is 14.0. The highest BCUT2D eigenvalue weighted by Crippen LogP contribution is 2.14. The lowest BCUT2D eigenvalue weighted by atomic mass is 10.0. The number of hydrogen-bond acceptors (Lipinski definition) is 3. The number of aliphatic imine (C=N–C) groups is 1. The van der Waals surface area contributed by atoms with E-state index in [2.05, 4.69) is 39.9 Å². The molecule has 0 radical (unpaired) electrons. The van der Waals surface area contributed by atoms with Crippen molar-refractivity contribution in [3.05, 3.63) is 71.8 Å². The molecule has 160 valence electrons. The van der Waals surface area contributed by atoms with Crippen molar-refractivity contribution in [2.45, 2.75) is 25.7 Å². The van der Waals surface area contributed by atoms with Crippen LogP contribution in [0.4, 0.5) is 0 Å².